The first kappa shape index (κ1) is 17.6. The highest BCUT2D eigenvalue weighted by Crippen LogP contribution is 2.34. The summed E-state index contributed by atoms with van der Waals surface area (Å²) < 4.78 is 5.82. The molecule has 1 saturated heterocycles. The van der Waals surface area contributed by atoms with E-state index in [0.29, 0.717) is 30.8 Å². The van der Waals surface area contributed by atoms with Crippen LogP contribution in [0.4, 0.5) is 0 Å². The second-order valence-corrected chi connectivity index (χ2v) is 7.17. The van der Waals surface area contributed by atoms with Crippen molar-refractivity contribution < 1.29 is 29.5 Å². The third-order valence-corrected chi connectivity index (χ3v) is 5.15. The third-order valence-electron chi connectivity index (χ3n) is 5.15. The summed E-state index contributed by atoms with van der Waals surface area (Å²) in [5.41, 5.74) is 1.57. The Labute approximate surface area is 154 Å². The van der Waals surface area contributed by atoms with Crippen molar-refractivity contribution in [1.29, 1.82) is 0 Å². The minimum Gasteiger partial charge on any atom is -0.583 e. The minimum absolute atomic E-state index is 0.0279. The molecule has 4 N–H and O–H groups in total. The lowest BCUT2D eigenvalue weighted by Gasteiger charge is -2.39. The first-order valence-corrected chi connectivity index (χ1v) is 8.79. The maximum atomic E-state index is 12.2. The predicted molar refractivity (Wildman–Crippen MR) is 94.7 cm³/mol. The highest BCUT2D eigenvalue weighted by molar-refractivity contribution is 6.64. The number of imidazole rings is 1. The lowest BCUT2D eigenvalue weighted by Crippen LogP contribution is -2.56. The van der Waals surface area contributed by atoms with Crippen LogP contribution < -0.4 is 4.74 Å². The number of fused-ring (bicyclic) bond motifs is 1. The van der Waals surface area contributed by atoms with Crippen LogP contribution in [0.5, 0.6) is 5.75 Å². The topological polar surface area (TPSA) is 136 Å². The van der Waals surface area contributed by atoms with Crippen LogP contribution in [0.1, 0.15) is 32.0 Å². The molecule has 1 aromatic heterocycles. The number of likely N-dealkylation sites (tertiary alicyclic amines) is 1. The number of carboxylic acids is 1. The van der Waals surface area contributed by atoms with E-state index in [1.807, 2.05) is 0 Å². The Morgan fingerprint density at radius 3 is 2.74 bits per heavy atom. The molecule has 2 aliphatic rings. The van der Waals surface area contributed by atoms with Crippen LogP contribution in [0.3, 0.4) is 0 Å². The fourth-order valence-electron chi connectivity index (χ4n) is 3.69. The average Bonchev–Trinajstić information content (AvgIpc) is 3.10. The number of benzene rings is 1. The summed E-state index contributed by atoms with van der Waals surface area (Å²) in [7, 11) is 0. The number of hydrogen-bond donors (Lipinski definition) is 4. The first-order chi connectivity index (χ1) is 12.8. The Balaban J connectivity index is 1.50. The predicted octanol–water partition coefficient (Wildman–Crippen LogP) is 0.0759. The molecule has 1 fully saturated rings. The first-order valence-electron chi connectivity index (χ1n) is 8.79. The van der Waals surface area contributed by atoms with Crippen molar-refractivity contribution in [2.45, 2.75) is 25.2 Å². The van der Waals surface area contributed by atoms with Crippen molar-refractivity contribution in [1.82, 2.24) is 14.9 Å². The highest BCUT2D eigenvalue weighted by atomic mass is 16.5. The molecule has 1 aromatic carbocycles. The quantitative estimate of drug-likeness (QED) is 0.558. The monoisotopic (exact) mass is 372 g/mol. The second-order valence-electron chi connectivity index (χ2n) is 7.17. The summed E-state index contributed by atoms with van der Waals surface area (Å²) >= 11 is 0. The number of aryl methyl sites for hydroxylation is 1. The van der Waals surface area contributed by atoms with E-state index in [1.54, 1.807) is 17.0 Å². The number of nitrogens with zero attached hydrogens (tertiary/aromatic N) is 2. The van der Waals surface area contributed by atoms with E-state index in [9.17, 15) is 24.7 Å². The highest BCUT2D eigenvalue weighted by Gasteiger charge is 2.36. The summed E-state index contributed by atoms with van der Waals surface area (Å²) in [5, 5.41) is 29.6. The number of carbonyl (C=O) groups is 2. The van der Waals surface area contributed by atoms with Gasteiger partial charge in [0.15, 0.2) is 0 Å². The van der Waals surface area contributed by atoms with Crippen molar-refractivity contribution in [3.8, 4) is 5.75 Å². The molecule has 0 atom stereocenters. The molecule has 0 unspecified atom stereocenters. The van der Waals surface area contributed by atoms with Crippen molar-refractivity contribution >= 4 is 18.4 Å². The molecule has 142 valence electrons. The lowest BCUT2D eigenvalue weighted by atomic mass is 9.47. The number of ether oxygens (including phenoxy) is 1. The molecule has 0 spiro atoms. The molecule has 9 nitrogen and oxygen atoms in total. The number of carboxylic acid groups (broad SMARTS) is 1. The van der Waals surface area contributed by atoms with Gasteiger partial charge in [0.1, 0.15) is 23.1 Å². The molecular formula is C17H19BN3O6-. The van der Waals surface area contributed by atoms with Gasteiger partial charge in [0.25, 0.3) is 5.91 Å². The summed E-state index contributed by atoms with van der Waals surface area (Å²) in [6.45, 7) is -1.92. The van der Waals surface area contributed by atoms with Gasteiger partial charge in [-0.3, -0.25) is 4.79 Å². The standard InChI is InChI=1S/C17H19BN3O6/c22-16(13-6-19-9-20-13)21-7-11(8-21)27-14-2-1-10-3-4-18(25,26)5-12(10)15(14)17(23)24/h1-2,6,9,11,25-26H,3-5,7-8H2,(H,19,20)(H,23,24)/q-1. The SMILES string of the molecule is O=C(O)c1c(OC2CN(C(=O)c3cnc[nH]3)C2)ccc2c1C[B-](O)(O)CC2. The number of H-pyrrole nitrogens is 1. The van der Waals surface area contributed by atoms with Crippen molar-refractivity contribution in [3.05, 3.63) is 47.0 Å². The molecule has 2 aliphatic heterocycles. The smallest absolute Gasteiger partial charge is 0.339 e. The Morgan fingerprint density at radius 1 is 1.30 bits per heavy atom. The van der Waals surface area contributed by atoms with E-state index in [4.69, 9.17) is 4.74 Å². The zero-order valence-corrected chi connectivity index (χ0v) is 14.5. The van der Waals surface area contributed by atoms with Crippen LogP contribution >= 0.6 is 0 Å². The van der Waals surface area contributed by atoms with Gasteiger partial charge in [-0.1, -0.05) is 18.1 Å². The largest absolute Gasteiger partial charge is 0.583 e. The number of aromatic nitrogens is 2. The minimum atomic E-state index is -2.59. The van der Waals surface area contributed by atoms with Crippen molar-refractivity contribution in [3.63, 3.8) is 0 Å². The van der Waals surface area contributed by atoms with Crippen LogP contribution in [-0.4, -0.2) is 67.6 Å². The number of aromatic carboxylic acids is 1. The number of carbonyl (C=O) groups excluding carboxylic acids is 1. The van der Waals surface area contributed by atoms with Gasteiger partial charge in [0.2, 0.25) is 6.55 Å². The molecule has 3 heterocycles. The van der Waals surface area contributed by atoms with Gasteiger partial charge in [0.05, 0.1) is 25.6 Å². The third kappa shape index (κ3) is 3.29. The van der Waals surface area contributed by atoms with Gasteiger partial charge < -0.3 is 29.8 Å². The second kappa shape index (κ2) is 6.40. The number of nitrogens with one attached hydrogen (secondary N) is 1. The van der Waals surface area contributed by atoms with E-state index in [-0.39, 0.29) is 36.0 Å². The van der Waals surface area contributed by atoms with Gasteiger partial charge in [-0.25, -0.2) is 9.78 Å². The van der Waals surface area contributed by atoms with Gasteiger partial charge in [0, 0.05) is 0 Å². The summed E-state index contributed by atoms with van der Waals surface area (Å²) in [6, 6.07) is 3.38. The number of aromatic amines is 1. The normalized spacial score (nSPS) is 18.5. The molecule has 0 bridgehead atoms. The van der Waals surface area contributed by atoms with E-state index in [0.717, 1.165) is 5.56 Å². The Morgan fingerprint density at radius 2 is 2.07 bits per heavy atom. The summed E-state index contributed by atoms with van der Waals surface area (Å²) in [5.74, 6) is -1.17. The van der Waals surface area contributed by atoms with Crippen LogP contribution in [0.2, 0.25) is 6.32 Å². The summed E-state index contributed by atoms with van der Waals surface area (Å²) in [4.78, 5) is 32.1. The van der Waals surface area contributed by atoms with Crippen LogP contribution in [0, 0.1) is 0 Å². The van der Waals surface area contributed by atoms with Crippen LogP contribution in [0.15, 0.2) is 24.7 Å². The van der Waals surface area contributed by atoms with Gasteiger partial charge in [-0.15, -0.1) is 12.6 Å². The number of hydrogen-bond acceptors (Lipinski definition) is 6. The Hall–Kier alpha value is -2.85. The van der Waals surface area contributed by atoms with Crippen LogP contribution in [0.25, 0.3) is 0 Å². The summed E-state index contributed by atoms with van der Waals surface area (Å²) in [6.07, 6.45) is 3.09. The number of rotatable bonds is 4. The van der Waals surface area contributed by atoms with Gasteiger partial charge >= 0.3 is 5.97 Å². The molecule has 27 heavy (non-hydrogen) atoms. The molecule has 10 heteroatoms. The van der Waals surface area contributed by atoms with E-state index < -0.39 is 12.5 Å². The molecule has 2 aromatic rings. The Bertz CT molecular complexity index is 892. The molecule has 0 aliphatic carbocycles. The van der Waals surface area contributed by atoms with E-state index >= 15 is 0 Å². The molecular weight excluding hydrogens is 353 g/mol. The number of amides is 1. The van der Waals surface area contributed by atoms with Gasteiger partial charge in [-0.05, 0) is 11.6 Å². The van der Waals surface area contributed by atoms with Crippen LogP contribution in [-0.2, 0) is 12.7 Å². The van der Waals surface area contributed by atoms with E-state index in [1.165, 1.54) is 12.5 Å². The maximum absolute atomic E-state index is 12.2. The molecule has 0 saturated carbocycles. The average molecular weight is 372 g/mol. The van der Waals surface area contributed by atoms with Gasteiger partial charge in [-0.2, -0.15) is 0 Å². The van der Waals surface area contributed by atoms with E-state index in [2.05, 4.69) is 9.97 Å². The molecule has 0 radical (unpaired) electrons. The maximum Gasteiger partial charge on any atom is 0.339 e. The molecule has 4 rings (SSSR count). The Kier molecular flexibility index (Phi) is 4.16. The molecule has 1 amide bonds. The lowest BCUT2D eigenvalue weighted by molar-refractivity contribution is 0.0165. The fraction of sp³-hybridized carbons (Fsp3) is 0.353. The fourth-order valence-corrected chi connectivity index (χ4v) is 3.69. The van der Waals surface area contributed by atoms with Crippen molar-refractivity contribution in [2.24, 2.45) is 0 Å². The zero-order valence-electron chi connectivity index (χ0n) is 14.5. The van der Waals surface area contributed by atoms with Crippen molar-refractivity contribution in [2.75, 3.05) is 13.1 Å². The zero-order chi connectivity index (χ0) is 19.2.